The highest BCUT2D eigenvalue weighted by Gasteiger charge is 2.12. The average molecular weight is 343 g/mol. The van der Waals surface area contributed by atoms with Crippen molar-refractivity contribution >= 4 is 38.5 Å². The van der Waals surface area contributed by atoms with Gasteiger partial charge in [-0.25, -0.2) is 0 Å². The molecular weight excluding hydrogens is 331 g/mol. The average Bonchev–Trinajstić information content (AvgIpc) is 2.30. The molecule has 1 aromatic rings. The van der Waals surface area contributed by atoms with E-state index in [1.54, 1.807) is 0 Å². The number of nitrogens with zero attached hydrogens (tertiary/aromatic N) is 2. The van der Waals surface area contributed by atoms with Crippen molar-refractivity contribution in [2.45, 2.75) is 26.8 Å². The Morgan fingerprint density at radius 2 is 2.08 bits per heavy atom. The molecule has 68 valence electrons. The molecule has 1 rings (SSSR count). The lowest BCUT2D eigenvalue weighted by atomic mass is 10.1. The molecule has 1 atom stereocenters. The van der Waals surface area contributed by atoms with E-state index in [1.165, 1.54) is 0 Å². The summed E-state index contributed by atoms with van der Waals surface area (Å²) in [6.45, 7) is 6.58. The summed E-state index contributed by atoms with van der Waals surface area (Å²) in [5, 5.41) is 4.39. The van der Waals surface area contributed by atoms with Gasteiger partial charge in [-0.05, 0) is 51.4 Å². The summed E-state index contributed by atoms with van der Waals surface area (Å²) < 4.78 is 4.12. The first kappa shape index (κ1) is 10.5. The highest BCUT2D eigenvalue weighted by molar-refractivity contribution is 14.1. The topological polar surface area (TPSA) is 17.8 Å². The maximum Gasteiger partial charge on any atom is 0.137 e. The molecule has 0 spiro atoms. The van der Waals surface area contributed by atoms with Gasteiger partial charge in [0.2, 0.25) is 0 Å². The molecule has 0 amide bonds. The van der Waals surface area contributed by atoms with Gasteiger partial charge in [-0.15, -0.1) is 0 Å². The number of rotatable bonds is 2. The zero-order valence-corrected chi connectivity index (χ0v) is 11.1. The summed E-state index contributed by atoms with van der Waals surface area (Å²) in [7, 11) is 0. The van der Waals surface area contributed by atoms with Crippen LogP contribution in [0.15, 0.2) is 10.7 Å². The third kappa shape index (κ3) is 2.22. The van der Waals surface area contributed by atoms with Gasteiger partial charge in [0.25, 0.3) is 0 Å². The monoisotopic (exact) mass is 342 g/mol. The fraction of sp³-hybridized carbons (Fsp3) is 0.625. The van der Waals surface area contributed by atoms with Crippen LogP contribution in [-0.4, -0.2) is 9.78 Å². The number of halogens is 2. The predicted octanol–water partition coefficient (Wildman–Crippen LogP) is 3.47. The summed E-state index contributed by atoms with van der Waals surface area (Å²) >= 11 is 5.67. The van der Waals surface area contributed by atoms with Crippen molar-refractivity contribution < 1.29 is 0 Å². The Hall–Kier alpha value is 0.420. The lowest BCUT2D eigenvalue weighted by Crippen LogP contribution is -2.11. The van der Waals surface area contributed by atoms with Crippen LogP contribution in [0.4, 0.5) is 0 Å². The lowest BCUT2D eigenvalue weighted by Gasteiger charge is -2.15. The maximum absolute atomic E-state index is 4.39. The Balaban J connectivity index is 2.89. The van der Waals surface area contributed by atoms with Crippen LogP contribution in [0, 0.1) is 9.62 Å². The van der Waals surface area contributed by atoms with Gasteiger partial charge >= 0.3 is 0 Å². The first-order chi connectivity index (χ1) is 5.52. The van der Waals surface area contributed by atoms with Crippen LogP contribution in [-0.2, 0) is 0 Å². The van der Waals surface area contributed by atoms with Gasteiger partial charge in [0, 0.05) is 6.20 Å². The van der Waals surface area contributed by atoms with E-state index >= 15 is 0 Å². The molecular formula is C8H12BrIN2. The largest absolute Gasteiger partial charge is 0.267 e. The molecule has 0 aromatic carbocycles. The van der Waals surface area contributed by atoms with Crippen molar-refractivity contribution in [1.82, 2.24) is 9.78 Å². The second kappa shape index (κ2) is 4.09. The predicted molar refractivity (Wildman–Crippen MR) is 62.2 cm³/mol. The van der Waals surface area contributed by atoms with E-state index < -0.39 is 0 Å². The Kier molecular flexibility index (Phi) is 3.58. The molecule has 0 saturated heterocycles. The van der Waals surface area contributed by atoms with E-state index in [-0.39, 0.29) is 0 Å². The highest BCUT2D eigenvalue weighted by Crippen LogP contribution is 2.22. The quantitative estimate of drug-likeness (QED) is 0.752. The van der Waals surface area contributed by atoms with Crippen molar-refractivity contribution in [3.63, 3.8) is 0 Å². The third-order valence-electron chi connectivity index (χ3n) is 2.03. The minimum absolute atomic E-state index is 0.463. The normalized spacial score (nSPS) is 13.8. The van der Waals surface area contributed by atoms with Crippen LogP contribution < -0.4 is 0 Å². The second-order valence-electron chi connectivity index (χ2n) is 3.23. The Bertz CT molecular complexity index is 251. The number of hydrogen-bond acceptors (Lipinski definition) is 1. The highest BCUT2D eigenvalue weighted by atomic mass is 127. The van der Waals surface area contributed by atoms with E-state index in [9.17, 15) is 0 Å². The number of hydrogen-bond donors (Lipinski definition) is 0. The van der Waals surface area contributed by atoms with Crippen molar-refractivity contribution in [2.75, 3.05) is 0 Å². The molecule has 0 radical (unpaired) electrons. The van der Waals surface area contributed by atoms with Crippen molar-refractivity contribution in [3.05, 3.63) is 14.4 Å². The lowest BCUT2D eigenvalue weighted by molar-refractivity contribution is 0.374. The summed E-state index contributed by atoms with van der Waals surface area (Å²) in [6.07, 6.45) is 2.03. The summed E-state index contributed by atoms with van der Waals surface area (Å²) in [5.41, 5.74) is 0. The Morgan fingerprint density at radius 1 is 1.50 bits per heavy atom. The van der Waals surface area contributed by atoms with Crippen LogP contribution in [0.1, 0.15) is 26.8 Å². The van der Waals surface area contributed by atoms with E-state index in [0.717, 1.165) is 8.17 Å². The van der Waals surface area contributed by atoms with E-state index in [2.05, 4.69) is 64.4 Å². The van der Waals surface area contributed by atoms with Crippen molar-refractivity contribution in [2.24, 2.45) is 5.92 Å². The second-order valence-corrected chi connectivity index (χ2v) is 5.11. The van der Waals surface area contributed by atoms with E-state index in [1.807, 2.05) is 10.9 Å². The molecule has 0 fully saturated rings. The zero-order chi connectivity index (χ0) is 9.30. The van der Waals surface area contributed by atoms with E-state index in [0.29, 0.717) is 12.0 Å². The fourth-order valence-corrected chi connectivity index (χ4v) is 1.54. The molecule has 0 aliphatic heterocycles. The maximum atomic E-state index is 4.39. The molecule has 0 saturated carbocycles. The molecule has 0 N–H and O–H groups in total. The molecule has 12 heavy (non-hydrogen) atoms. The Morgan fingerprint density at radius 3 is 2.42 bits per heavy atom. The molecule has 0 aliphatic carbocycles. The van der Waals surface area contributed by atoms with Crippen LogP contribution >= 0.6 is 38.5 Å². The standard InChI is InChI=1S/C8H12BrIN2/c1-5(2)6(3)12-4-7(9)8(10)11-12/h4-6H,1-3H3. The van der Waals surface area contributed by atoms with Crippen LogP contribution in [0.2, 0.25) is 0 Å². The van der Waals surface area contributed by atoms with Crippen LogP contribution in [0.3, 0.4) is 0 Å². The summed E-state index contributed by atoms with van der Waals surface area (Å²) in [6, 6.07) is 0.463. The minimum Gasteiger partial charge on any atom is -0.267 e. The zero-order valence-electron chi connectivity index (χ0n) is 7.38. The molecule has 0 aliphatic rings. The molecule has 1 aromatic heterocycles. The van der Waals surface area contributed by atoms with Gasteiger partial charge in [-0.1, -0.05) is 13.8 Å². The molecule has 0 bridgehead atoms. The van der Waals surface area contributed by atoms with Gasteiger partial charge in [-0.2, -0.15) is 5.10 Å². The first-order valence-electron chi connectivity index (χ1n) is 3.92. The van der Waals surface area contributed by atoms with Crippen molar-refractivity contribution in [1.29, 1.82) is 0 Å². The molecule has 2 nitrogen and oxygen atoms in total. The van der Waals surface area contributed by atoms with Gasteiger partial charge in [0.05, 0.1) is 10.5 Å². The Labute approximate surface area is 95.0 Å². The van der Waals surface area contributed by atoms with Gasteiger partial charge in [0.1, 0.15) is 3.70 Å². The van der Waals surface area contributed by atoms with E-state index in [4.69, 9.17) is 0 Å². The van der Waals surface area contributed by atoms with Gasteiger partial charge < -0.3 is 0 Å². The summed E-state index contributed by atoms with van der Waals surface area (Å²) in [4.78, 5) is 0. The molecule has 1 heterocycles. The van der Waals surface area contributed by atoms with Crippen LogP contribution in [0.25, 0.3) is 0 Å². The smallest absolute Gasteiger partial charge is 0.137 e. The SMILES string of the molecule is CC(C)C(C)n1cc(Br)c(I)n1. The molecule has 4 heteroatoms. The number of aromatic nitrogens is 2. The van der Waals surface area contributed by atoms with Gasteiger partial charge in [-0.3, -0.25) is 4.68 Å². The molecule has 1 unspecified atom stereocenters. The minimum atomic E-state index is 0.463. The van der Waals surface area contributed by atoms with Crippen LogP contribution in [0.5, 0.6) is 0 Å². The van der Waals surface area contributed by atoms with Gasteiger partial charge in [0.15, 0.2) is 0 Å². The third-order valence-corrected chi connectivity index (χ3v) is 4.15. The van der Waals surface area contributed by atoms with Crippen molar-refractivity contribution in [3.8, 4) is 0 Å². The summed E-state index contributed by atoms with van der Waals surface area (Å²) in [5.74, 6) is 0.618. The first-order valence-corrected chi connectivity index (χ1v) is 5.79. The fourth-order valence-electron chi connectivity index (χ4n) is 0.862.